The van der Waals surface area contributed by atoms with Gasteiger partial charge in [0.15, 0.2) is 0 Å². The summed E-state index contributed by atoms with van der Waals surface area (Å²) in [5.41, 5.74) is 1.57. The van der Waals surface area contributed by atoms with Gasteiger partial charge in [0, 0.05) is 13.1 Å². The fraction of sp³-hybridized carbons (Fsp3) is 0.227. The second-order valence-corrected chi connectivity index (χ2v) is 6.87. The zero-order chi connectivity index (χ0) is 18.1. The lowest BCUT2D eigenvalue weighted by Gasteiger charge is -2.32. The lowest BCUT2D eigenvalue weighted by molar-refractivity contribution is 0.0710. The Kier molecular flexibility index (Phi) is 4.25. The van der Waals surface area contributed by atoms with Gasteiger partial charge in [-0.1, -0.05) is 36.4 Å². The molecule has 1 heterocycles. The number of benzene rings is 3. The summed E-state index contributed by atoms with van der Waals surface area (Å²) < 4.78 is 0. The standard InChI is InChI=1S/C22H21NO3/c24-19-7-5-15(6-8-19)16-9-11-23(12-10-16)22(26)20-13-17-3-1-2-4-18(17)14-21(20)25/h1-8,13-14,16,24-25H,9-12H2. The number of phenols is 2. The number of carbonyl (C=O) groups is 1. The minimum absolute atomic E-state index is 0.0364. The van der Waals surface area contributed by atoms with Crippen molar-refractivity contribution < 1.29 is 15.0 Å². The molecule has 2 N–H and O–H groups in total. The van der Waals surface area contributed by atoms with E-state index in [-0.39, 0.29) is 17.4 Å². The van der Waals surface area contributed by atoms with E-state index in [9.17, 15) is 15.0 Å². The SMILES string of the molecule is O=C(c1cc2ccccc2cc1O)N1CCC(c2ccc(O)cc2)CC1. The normalized spacial score (nSPS) is 15.3. The Hall–Kier alpha value is -3.01. The first-order valence-corrected chi connectivity index (χ1v) is 8.92. The Balaban J connectivity index is 1.50. The van der Waals surface area contributed by atoms with E-state index >= 15 is 0 Å². The zero-order valence-electron chi connectivity index (χ0n) is 14.4. The van der Waals surface area contributed by atoms with E-state index in [1.165, 1.54) is 5.56 Å². The molecule has 0 radical (unpaired) electrons. The Bertz CT molecular complexity index is 941. The van der Waals surface area contributed by atoms with Crippen LogP contribution in [0.2, 0.25) is 0 Å². The van der Waals surface area contributed by atoms with Gasteiger partial charge in [-0.25, -0.2) is 0 Å². The molecule has 0 aliphatic carbocycles. The molecule has 1 saturated heterocycles. The highest BCUT2D eigenvalue weighted by Crippen LogP contribution is 2.31. The molecule has 0 atom stereocenters. The summed E-state index contributed by atoms with van der Waals surface area (Å²) in [5.74, 6) is 0.588. The molecule has 1 amide bonds. The molecule has 1 aliphatic rings. The van der Waals surface area contributed by atoms with Gasteiger partial charge in [0.1, 0.15) is 11.5 Å². The van der Waals surface area contributed by atoms with Gasteiger partial charge in [-0.05, 0) is 59.4 Å². The highest BCUT2D eigenvalue weighted by atomic mass is 16.3. The number of nitrogens with zero attached hydrogens (tertiary/aromatic N) is 1. The maximum absolute atomic E-state index is 12.9. The van der Waals surface area contributed by atoms with Gasteiger partial charge in [0.05, 0.1) is 5.56 Å². The molecule has 26 heavy (non-hydrogen) atoms. The summed E-state index contributed by atoms with van der Waals surface area (Å²) in [4.78, 5) is 14.7. The summed E-state index contributed by atoms with van der Waals surface area (Å²) in [6.07, 6.45) is 1.76. The fourth-order valence-corrected chi connectivity index (χ4v) is 3.73. The van der Waals surface area contributed by atoms with E-state index in [4.69, 9.17) is 0 Å². The van der Waals surface area contributed by atoms with E-state index in [1.54, 1.807) is 24.3 Å². The van der Waals surface area contributed by atoms with Gasteiger partial charge in [0.25, 0.3) is 5.91 Å². The third-order valence-corrected chi connectivity index (χ3v) is 5.24. The van der Waals surface area contributed by atoms with E-state index in [0.29, 0.717) is 24.6 Å². The van der Waals surface area contributed by atoms with Crippen molar-refractivity contribution in [3.63, 3.8) is 0 Å². The summed E-state index contributed by atoms with van der Waals surface area (Å²) in [6.45, 7) is 1.33. The second-order valence-electron chi connectivity index (χ2n) is 6.87. The summed E-state index contributed by atoms with van der Waals surface area (Å²) in [5, 5.41) is 21.6. The van der Waals surface area contributed by atoms with Crippen molar-refractivity contribution in [2.24, 2.45) is 0 Å². The molecule has 0 saturated carbocycles. The van der Waals surface area contributed by atoms with E-state index in [2.05, 4.69) is 0 Å². The number of aromatic hydroxyl groups is 2. The van der Waals surface area contributed by atoms with Crippen LogP contribution in [-0.4, -0.2) is 34.1 Å². The second kappa shape index (κ2) is 6.71. The lowest BCUT2D eigenvalue weighted by atomic mass is 9.89. The van der Waals surface area contributed by atoms with Gasteiger partial charge >= 0.3 is 0 Å². The molecule has 0 bridgehead atoms. The molecule has 0 spiro atoms. The van der Waals surface area contributed by atoms with Crippen LogP contribution in [0, 0.1) is 0 Å². The van der Waals surface area contributed by atoms with Crippen LogP contribution >= 0.6 is 0 Å². The fourth-order valence-electron chi connectivity index (χ4n) is 3.73. The van der Waals surface area contributed by atoms with Crippen molar-refractivity contribution in [2.75, 3.05) is 13.1 Å². The van der Waals surface area contributed by atoms with Crippen LogP contribution < -0.4 is 0 Å². The molecule has 1 aliphatic heterocycles. The average Bonchev–Trinajstić information content (AvgIpc) is 2.68. The third-order valence-electron chi connectivity index (χ3n) is 5.24. The Morgan fingerprint density at radius 2 is 1.50 bits per heavy atom. The number of piperidine rings is 1. The first-order chi connectivity index (χ1) is 12.6. The number of amides is 1. The van der Waals surface area contributed by atoms with Crippen LogP contribution in [0.25, 0.3) is 10.8 Å². The monoisotopic (exact) mass is 347 g/mol. The predicted molar refractivity (Wildman–Crippen MR) is 102 cm³/mol. The first kappa shape index (κ1) is 16.5. The number of hydrogen-bond donors (Lipinski definition) is 2. The van der Waals surface area contributed by atoms with Crippen molar-refractivity contribution in [3.05, 3.63) is 71.8 Å². The van der Waals surface area contributed by atoms with Crippen molar-refractivity contribution in [1.29, 1.82) is 0 Å². The molecule has 4 heteroatoms. The number of carbonyl (C=O) groups excluding carboxylic acids is 1. The first-order valence-electron chi connectivity index (χ1n) is 8.92. The van der Waals surface area contributed by atoms with E-state index in [1.807, 2.05) is 41.3 Å². The Morgan fingerprint density at radius 3 is 2.15 bits per heavy atom. The quantitative estimate of drug-likeness (QED) is 0.728. The van der Waals surface area contributed by atoms with Crippen molar-refractivity contribution in [3.8, 4) is 11.5 Å². The van der Waals surface area contributed by atoms with Gasteiger partial charge in [-0.15, -0.1) is 0 Å². The molecule has 3 aromatic rings. The molecule has 0 aromatic heterocycles. The minimum atomic E-state index is -0.114. The van der Waals surface area contributed by atoms with E-state index in [0.717, 1.165) is 23.6 Å². The zero-order valence-corrected chi connectivity index (χ0v) is 14.4. The number of phenolic OH excluding ortho intramolecular Hbond substituents is 2. The molecule has 4 rings (SSSR count). The van der Waals surface area contributed by atoms with Crippen LogP contribution in [0.3, 0.4) is 0 Å². The molecular weight excluding hydrogens is 326 g/mol. The Labute approximate surface area is 152 Å². The van der Waals surface area contributed by atoms with Gasteiger partial charge in [-0.3, -0.25) is 4.79 Å². The van der Waals surface area contributed by atoms with Gasteiger partial charge in [-0.2, -0.15) is 0 Å². The van der Waals surface area contributed by atoms with Crippen molar-refractivity contribution in [1.82, 2.24) is 4.90 Å². The summed E-state index contributed by atoms with van der Waals surface area (Å²) >= 11 is 0. The average molecular weight is 347 g/mol. The minimum Gasteiger partial charge on any atom is -0.508 e. The van der Waals surface area contributed by atoms with Crippen LogP contribution in [0.15, 0.2) is 60.7 Å². The highest BCUT2D eigenvalue weighted by Gasteiger charge is 2.26. The van der Waals surface area contributed by atoms with Crippen molar-refractivity contribution >= 4 is 16.7 Å². The molecular formula is C22H21NO3. The molecule has 4 nitrogen and oxygen atoms in total. The number of fused-ring (bicyclic) bond motifs is 1. The molecule has 132 valence electrons. The smallest absolute Gasteiger partial charge is 0.257 e. The van der Waals surface area contributed by atoms with Crippen LogP contribution in [-0.2, 0) is 0 Å². The third kappa shape index (κ3) is 3.10. The van der Waals surface area contributed by atoms with Gasteiger partial charge in [0.2, 0.25) is 0 Å². The molecule has 0 unspecified atom stereocenters. The number of hydrogen-bond acceptors (Lipinski definition) is 3. The maximum atomic E-state index is 12.9. The Morgan fingerprint density at radius 1 is 0.885 bits per heavy atom. The van der Waals surface area contributed by atoms with Crippen LogP contribution in [0.5, 0.6) is 11.5 Å². The van der Waals surface area contributed by atoms with Crippen molar-refractivity contribution in [2.45, 2.75) is 18.8 Å². The predicted octanol–water partition coefficient (Wildman–Crippen LogP) is 4.27. The maximum Gasteiger partial charge on any atom is 0.257 e. The molecule has 3 aromatic carbocycles. The van der Waals surface area contributed by atoms with Crippen LogP contribution in [0.1, 0.15) is 34.7 Å². The summed E-state index contributed by atoms with van der Waals surface area (Å²) in [6, 6.07) is 18.5. The van der Waals surface area contributed by atoms with Gasteiger partial charge < -0.3 is 15.1 Å². The topological polar surface area (TPSA) is 60.8 Å². The lowest BCUT2D eigenvalue weighted by Crippen LogP contribution is -2.37. The number of likely N-dealkylation sites (tertiary alicyclic amines) is 1. The van der Waals surface area contributed by atoms with Crippen LogP contribution in [0.4, 0.5) is 0 Å². The largest absolute Gasteiger partial charge is 0.508 e. The highest BCUT2D eigenvalue weighted by molar-refractivity contribution is 6.01. The molecule has 1 fully saturated rings. The van der Waals surface area contributed by atoms with E-state index < -0.39 is 0 Å². The number of rotatable bonds is 2. The summed E-state index contributed by atoms with van der Waals surface area (Å²) in [7, 11) is 0.